The smallest absolute Gasteiger partial charge is 0.253 e. The SMILES string of the molecule is Cc1cc(-c2ccccc2)n(-c2ccc(C(=O)N(C)C)cc2)n1. The molecule has 0 aliphatic heterocycles. The Morgan fingerprint density at radius 3 is 2.26 bits per heavy atom. The van der Waals surface area contributed by atoms with E-state index in [1.54, 1.807) is 19.0 Å². The first-order chi connectivity index (χ1) is 11.1. The van der Waals surface area contributed by atoms with Crippen molar-refractivity contribution in [1.29, 1.82) is 0 Å². The molecule has 0 radical (unpaired) electrons. The monoisotopic (exact) mass is 305 g/mol. The van der Waals surface area contributed by atoms with E-state index in [0.29, 0.717) is 5.56 Å². The zero-order chi connectivity index (χ0) is 16.4. The molecule has 116 valence electrons. The second kappa shape index (κ2) is 6.08. The minimum absolute atomic E-state index is 0.00326. The number of hydrogen-bond acceptors (Lipinski definition) is 2. The van der Waals surface area contributed by atoms with Gasteiger partial charge in [0.25, 0.3) is 5.91 Å². The van der Waals surface area contributed by atoms with Gasteiger partial charge in [0.1, 0.15) is 0 Å². The maximum absolute atomic E-state index is 12.0. The largest absolute Gasteiger partial charge is 0.345 e. The van der Waals surface area contributed by atoms with Gasteiger partial charge in [-0.1, -0.05) is 30.3 Å². The minimum atomic E-state index is -0.00326. The lowest BCUT2D eigenvalue weighted by atomic mass is 10.1. The third kappa shape index (κ3) is 3.01. The molecule has 0 unspecified atom stereocenters. The molecule has 2 aromatic carbocycles. The second-order valence-corrected chi connectivity index (χ2v) is 5.70. The molecule has 23 heavy (non-hydrogen) atoms. The van der Waals surface area contributed by atoms with Crippen LogP contribution in [0.2, 0.25) is 0 Å². The fourth-order valence-electron chi connectivity index (χ4n) is 2.51. The number of nitrogens with zero attached hydrogens (tertiary/aromatic N) is 3. The Bertz CT molecular complexity index is 818. The van der Waals surface area contributed by atoms with Crippen molar-refractivity contribution in [3.63, 3.8) is 0 Å². The van der Waals surface area contributed by atoms with Crippen molar-refractivity contribution in [3.8, 4) is 16.9 Å². The number of amides is 1. The van der Waals surface area contributed by atoms with Gasteiger partial charge in [-0.05, 0) is 37.3 Å². The molecule has 1 aromatic heterocycles. The lowest BCUT2D eigenvalue weighted by Gasteiger charge is -2.11. The highest BCUT2D eigenvalue weighted by Gasteiger charge is 2.11. The van der Waals surface area contributed by atoms with Gasteiger partial charge in [0.05, 0.1) is 17.1 Å². The van der Waals surface area contributed by atoms with Crippen LogP contribution in [0.1, 0.15) is 16.1 Å². The summed E-state index contributed by atoms with van der Waals surface area (Å²) in [6, 6.07) is 19.8. The van der Waals surface area contributed by atoms with Gasteiger partial charge in [-0.3, -0.25) is 4.79 Å². The molecule has 0 spiro atoms. The molecule has 0 aliphatic carbocycles. The summed E-state index contributed by atoms with van der Waals surface area (Å²) in [5.74, 6) is -0.00326. The Morgan fingerprint density at radius 1 is 1.00 bits per heavy atom. The molecular formula is C19H19N3O. The third-order valence-electron chi connectivity index (χ3n) is 3.67. The van der Waals surface area contributed by atoms with Crippen molar-refractivity contribution in [2.24, 2.45) is 0 Å². The highest BCUT2D eigenvalue weighted by molar-refractivity contribution is 5.94. The predicted octanol–water partition coefficient (Wildman–Crippen LogP) is 3.55. The van der Waals surface area contributed by atoms with Crippen molar-refractivity contribution < 1.29 is 4.79 Å². The molecule has 0 atom stereocenters. The molecular weight excluding hydrogens is 286 g/mol. The topological polar surface area (TPSA) is 38.1 Å². The van der Waals surface area contributed by atoms with Crippen LogP contribution in [0, 0.1) is 6.92 Å². The zero-order valence-electron chi connectivity index (χ0n) is 13.5. The number of benzene rings is 2. The van der Waals surface area contributed by atoms with Crippen LogP contribution in [0.15, 0.2) is 60.7 Å². The Morgan fingerprint density at radius 2 is 1.65 bits per heavy atom. The summed E-state index contributed by atoms with van der Waals surface area (Å²) in [4.78, 5) is 13.6. The number of carbonyl (C=O) groups is 1. The van der Waals surface area contributed by atoms with Crippen molar-refractivity contribution in [1.82, 2.24) is 14.7 Å². The molecule has 3 rings (SSSR count). The van der Waals surface area contributed by atoms with Crippen LogP contribution < -0.4 is 0 Å². The first-order valence-corrected chi connectivity index (χ1v) is 7.50. The third-order valence-corrected chi connectivity index (χ3v) is 3.67. The Kier molecular flexibility index (Phi) is 3.98. The molecule has 1 heterocycles. The van der Waals surface area contributed by atoms with Crippen molar-refractivity contribution in [3.05, 3.63) is 71.9 Å². The summed E-state index contributed by atoms with van der Waals surface area (Å²) in [7, 11) is 3.50. The molecule has 0 saturated heterocycles. The fourth-order valence-corrected chi connectivity index (χ4v) is 2.51. The van der Waals surface area contributed by atoms with E-state index in [4.69, 9.17) is 0 Å². The van der Waals surface area contributed by atoms with Crippen LogP contribution in [0.4, 0.5) is 0 Å². The molecule has 4 nitrogen and oxygen atoms in total. The van der Waals surface area contributed by atoms with Gasteiger partial charge >= 0.3 is 0 Å². The van der Waals surface area contributed by atoms with Crippen LogP contribution in [0.25, 0.3) is 16.9 Å². The molecule has 0 N–H and O–H groups in total. The van der Waals surface area contributed by atoms with Crippen LogP contribution in [-0.4, -0.2) is 34.7 Å². The number of hydrogen-bond donors (Lipinski definition) is 0. The molecule has 4 heteroatoms. The molecule has 0 bridgehead atoms. The molecule has 1 amide bonds. The number of carbonyl (C=O) groups excluding carboxylic acids is 1. The average Bonchev–Trinajstić information content (AvgIpc) is 2.97. The quantitative estimate of drug-likeness (QED) is 0.742. The molecule has 0 saturated carbocycles. The highest BCUT2D eigenvalue weighted by atomic mass is 16.2. The van der Waals surface area contributed by atoms with E-state index in [-0.39, 0.29) is 5.91 Å². The first-order valence-electron chi connectivity index (χ1n) is 7.50. The van der Waals surface area contributed by atoms with E-state index < -0.39 is 0 Å². The van der Waals surface area contributed by atoms with E-state index >= 15 is 0 Å². The van der Waals surface area contributed by atoms with Crippen molar-refractivity contribution in [2.75, 3.05) is 14.1 Å². The summed E-state index contributed by atoms with van der Waals surface area (Å²) in [6.07, 6.45) is 0. The summed E-state index contributed by atoms with van der Waals surface area (Å²) in [5, 5.41) is 4.59. The van der Waals surface area contributed by atoms with Crippen molar-refractivity contribution >= 4 is 5.91 Å². The molecule has 3 aromatic rings. The van der Waals surface area contributed by atoms with Gasteiger partial charge in [0.2, 0.25) is 0 Å². The summed E-state index contributed by atoms with van der Waals surface area (Å²) in [6.45, 7) is 1.98. The molecule has 0 fully saturated rings. The summed E-state index contributed by atoms with van der Waals surface area (Å²) < 4.78 is 1.91. The van der Waals surface area contributed by atoms with Gasteiger partial charge in [-0.2, -0.15) is 5.10 Å². The minimum Gasteiger partial charge on any atom is -0.345 e. The maximum Gasteiger partial charge on any atom is 0.253 e. The van der Waals surface area contributed by atoms with E-state index in [2.05, 4.69) is 23.3 Å². The van der Waals surface area contributed by atoms with Gasteiger partial charge in [-0.25, -0.2) is 4.68 Å². The maximum atomic E-state index is 12.0. The van der Waals surface area contributed by atoms with Crippen LogP contribution in [0.5, 0.6) is 0 Å². The normalized spacial score (nSPS) is 10.6. The lowest BCUT2D eigenvalue weighted by Crippen LogP contribution is -2.21. The second-order valence-electron chi connectivity index (χ2n) is 5.70. The first kappa shape index (κ1) is 15.0. The number of aryl methyl sites for hydroxylation is 1. The van der Waals surface area contributed by atoms with E-state index in [9.17, 15) is 4.79 Å². The Labute approximate surface area is 136 Å². The summed E-state index contributed by atoms with van der Waals surface area (Å²) >= 11 is 0. The number of rotatable bonds is 3. The Balaban J connectivity index is 2.01. The highest BCUT2D eigenvalue weighted by Crippen LogP contribution is 2.24. The van der Waals surface area contributed by atoms with Gasteiger partial charge in [0, 0.05) is 25.2 Å². The predicted molar refractivity (Wildman–Crippen MR) is 91.8 cm³/mol. The standard InChI is InChI=1S/C19H19N3O/c1-14-13-18(15-7-5-4-6-8-15)22(20-14)17-11-9-16(10-12-17)19(23)21(2)3/h4-13H,1-3H3. The van der Waals surface area contributed by atoms with Crippen molar-refractivity contribution in [2.45, 2.75) is 6.92 Å². The van der Waals surface area contributed by atoms with Gasteiger partial charge in [0.15, 0.2) is 0 Å². The van der Waals surface area contributed by atoms with Crippen LogP contribution >= 0.6 is 0 Å². The average molecular weight is 305 g/mol. The Hall–Kier alpha value is -2.88. The zero-order valence-corrected chi connectivity index (χ0v) is 13.5. The van der Waals surface area contributed by atoms with Crippen LogP contribution in [-0.2, 0) is 0 Å². The summed E-state index contributed by atoms with van der Waals surface area (Å²) in [5.41, 5.74) is 4.71. The number of aromatic nitrogens is 2. The fraction of sp³-hybridized carbons (Fsp3) is 0.158. The van der Waals surface area contributed by atoms with E-state index in [0.717, 1.165) is 22.6 Å². The van der Waals surface area contributed by atoms with Crippen LogP contribution in [0.3, 0.4) is 0 Å². The van der Waals surface area contributed by atoms with E-state index in [1.165, 1.54) is 0 Å². The lowest BCUT2D eigenvalue weighted by molar-refractivity contribution is 0.0827. The molecule has 0 aliphatic rings. The van der Waals surface area contributed by atoms with Gasteiger partial charge in [-0.15, -0.1) is 0 Å². The van der Waals surface area contributed by atoms with E-state index in [1.807, 2.05) is 54.1 Å². The van der Waals surface area contributed by atoms with Gasteiger partial charge < -0.3 is 4.90 Å².